The van der Waals surface area contributed by atoms with E-state index in [1.807, 2.05) is 6.07 Å². The van der Waals surface area contributed by atoms with Crippen molar-refractivity contribution in [2.75, 3.05) is 34.2 Å². The fourth-order valence-corrected chi connectivity index (χ4v) is 3.62. The van der Waals surface area contributed by atoms with E-state index in [-0.39, 0.29) is 44.3 Å². The summed E-state index contributed by atoms with van der Waals surface area (Å²) in [4.78, 5) is -0.0367. The predicted octanol–water partition coefficient (Wildman–Crippen LogP) is -3.57. The molecule has 1 aromatic rings. The Morgan fingerprint density at radius 2 is 1.72 bits per heavy atom. The normalized spacial score (nSPS) is 16.1. The number of hydrogen-bond donors (Lipinski definition) is 1. The van der Waals surface area contributed by atoms with E-state index in [2.05, 4.69) is 46.5 Å². The van der Waals surface area contributed by atoms with E-state index in [4.69, 9.17) is 0 Å². The van der Waals surface area contributed by atoms with Crippen LogP contribution in [0.15, 0.2) is 23.1 Å². The molecule has 1 N–H and O–H groups in total. The highest BCUT2D eigenvalue weighted by Gasteiger charge is 2.43. The molecule has 0 atom stereocenters. The second kappa shape index (κ2) is 8.17. The largest absolute Gasteiger partial charge is 1.00 e. The Kier molecular flexibility index (Phi) is 8.08. The van der Waals surface area contributed by atoms with Crippen molar-refractivity contribution in [1.29, 1.82) is 0 Å². The van der Waals surface area contributed by atoms with E-state index in [1.54, 1.807) is 6.07 Å². The van der Waals surface area contributed by atoms with Crippen LogP contribution >= 0.6 is 0 Å². The number of benzene rings is 1. The Bertz CT molecular complexity index is 767. The molecule has 1 heterocycles. The van der Waals surface area contributed by atoms with Gasteiger partial charge in [-0.1, -0.05) is 0 Å². The van der Waals surface area contributed by atoms with E-state index < -0.39 is 10.1 Å². The summed E-state index contributed by atoms with van der Waals surface area (Å²) >= 11 is 0. The van der Waals surface area contributed by atoms with Gasteiger partial charge in [-0.2, -0.15) is 13.0 Å². The SMILES string of the molecule is CC1=[N+](CCC[N+](C)(C)C)c2ccc(S(=O)(=O)O)cc2C1(C)C.[Br-].[Br-]. The molecule has 25 heavy (non-hydrogen) atoms. The summed E-state index contributed by atoms with van der Waals surface area (Å²) in [5, 5.41) is 0. The molecule has 0 aliphatic carbocycles. The van der Waals surface area contributed by atoms with Crippen molar-refractivity contribution in [3.8, 4) is 0 Å². The summed E-state index contributed by atoms with van der Waals surface area (Å²) in [6, 6.07) is 4.90. The van der Waals surface area contributed by atoms with Crippen molar-refractivity contribution < 1.29 is 56.0 Å². The Morgan fingerprint density at radius 3 is 2.20 bits per heavy atom. The number of rotatable bonds is 5. The van der Waals surface area contributed by atoms with Crippen molar-refractivity contribution in [1.82, 2.24) is 0 Å². The number of fused-ring (bicyclic) bond motifs is 1. The quantitative estimate of drug-likeness (QED) is 0.259. The minimum Gasteiger partial charge on any atom is -1.00 e. The lowest BCUT2D eigenvalue weighted by atomic mass is 9.82. The molecule has 0 amide bonds. The molecule has 1 aliphatic rings. The topological polar surface area (TPSA) is 57.4 Å². The average molecular weight is 500 g/mol. The van der Waals surface area contributed by atoms with E-state index in [0.717, 1.165) is 35.2 Å². The molecule has 0 saturated carbocycles. The maximum Gasteiger partial charge on any atom is 0.294 e. The van der Waals surface area contributed by atoms with Crippen molar-refractivity contribution in [3.05, 3.63) is 23.8 Å². The van der Waals surface area contributed by atoms with Gasteiger partial charge in [-0.05, 0) is 26.0 Å². The van der Waals surface area contributed by atoms with E-state index in [1.165, 1.54) is 11.8 Å². The molecule has 0 fully saturated rings. The molecule has 0 spiro atoms. The zero-order valence-corrected chi connectivity index (χ0v) is 19.7. The molecule has 1 aromatic carbocycles. The lowest BCUT2D eigenvalue weighted by molar-refractivity contribution is -0.871. The zero-order chi connectivity index (χ0) is 17.6. The summed E-state index contributed by atoms with van der Waals surface area (Å²) < 4.78 is 35.3. The molecule has 0 radical (unpaired) electrons. The zero-order valence-electron chi connectivity index (χ0n) is 15.7. The van der Waals surface area contributed by atoms with Gasteiger partial charge in [0, 0.05) is 18.6 Å². The first-order valence-electron chi connectivity index (χ1n) is 7.88. The van der Waals surface area contributed by atoms with Crippen LogP contribution in [-0.2, 0) is 15.5 Å². The van der Waals surface area contributed by atoms with Gasteiger partial charge in [-0.25, -0.2) is 0 Å². The molecule has 2 rings (SSSR count). The third-order valence-electron chi connectivity index (χ3n) is 4.75. The number of nitrogens with zero attached hydrogens (tertiary/aromatic N) is 2. The molecule has 0 aromatic heterocycles. The standard InChI is InChI=1S/C17H27N2O3S.2BrH/c1-13-17(2,3)15-12-14(23(20,21)22)8-9-16(15)18(13)10-7-11-19(4,5)6;;/h8-9,12H,7,10-11H2,1-6H3;2*1H/q+1;;/p-1. The molecule has 0 unspecified atom stereocenters. The van der Waals surface area contributed by atoms with E-state index in [0.29, 0.717) is 0 Å². The summed E-state index contributed by atoms with van der Waals surface area (Å²) in [6.45, 7) is 8.26. The second-order valence-electron chi connectivity index (χ2n) is 7.88. The molecule has 1 aliphatic heterocycles. The summed E-state index contributed by atoms with van der Waals surface area (Å²) in [7, 11) is 2.36. The minimum absolute atomic E-state index is 0. The average Bonchev–Trinajstić information content (AvgIpc) is 2.57. The lowest BCUT2D eigenvalue weighted by Crippen LogP contribution is -3.00. The van der Waals surface area contributed by atoms with Crippen LogP contribution in [0.2, 0.25) is 0 Å². The van der Waals surface area contributed by atoms with Gasteiger partial charge in [-0.3, -0.25) is 4.55 Å². The van der Waals surface area contributed by atoms with Crippen LogP contribution in [0.1, 0.15) is 32.8 Å². The van der Waals surface area contributed by atoms with Gasteiger partial charge in [-0.15, -0.1) is 0 Å². The lowest BCUT2D eigenvalue weighted by Gasteiger charge is -2.23. The van der Waals surface area contributed by atoms with Crippen LogP contribution in [0.3, 0.4) is 0 Å². The van der Waals surface area contributed by atoms with Crippen molar-refractivity contribution in [3.63, 3.8) is 0 Å². The van der Waals surface area contributed by atoms with Gasteiger partial charge in [0.05, 0.1) is 44.4 Å². The molecule has 0 bridgehead atoms. The predicted molar refractivity (Wildman–Crippen MR) is 92.3 cm³/mol. The monoisotopic (exact) mass is 498 g/mol. The van der Waals surface area contributed by atoms with Gasteiger partial charge < -0.3 is 38.4 Å². The smallest absolute Gasteiger partial charge is 0.294 e. The maximum atomic E-state index is 11.4. The van der Waals surface area contributed by atoms with Crippen LogP contribution in [0.25, 0.3) is 0 Å². The third kappa shape index (κ3) is 5.35. The second-order valence-corrected chi connectivity index (χ2v) is 9.31. The summed E-state index contributed by atoms with van der Waals surface area (Å²) in [5.41, 5.74) is 2.96. The van der Waals surface area contributed by atoms with Crippen molar-refractivity contribution >= 4 is 21.5 Å². The van der Waals surface area contributed by atoms with Gasteiger partial charge in [0.1, 0.15) is 0 Å². The van der Waals surface area contributed by atoms with Crippen LogP contribution in [0.4, 0.5) is 5.69 Å². The molecule has 0 saturated heterocycles. The van der Waals surface area contributed by atoms with Crippen molar-refractivity contribution in [2.45, 2.75) is 37.5 Å². The molecule has 8 heteroatoms. The molecular weight excluding hydrogens is 472 g/mol. The third-order valence-corrected chi connectivity index (χ3v) is 5.60. The summed E-state index contributed by atoms with van der Waals surface area (Å²) in [6.07, 6.45) is 1.05. The van der Waals surface area contributed by atoms with Gasteiger partial charge in [0.2, 0.25) is 5.69 Å². The van der Waals surface area contributed by atoms with Gasteiger partial charge >= 0.3 is 0 Å². The number of hydrogen-bond acceptors (Lipinski definition) is 2. The maximum absolute atomic E-state index is 11.4. The van der Waals surface area contributed by atoms with E-state index >= 15 is 0 Å². The Morgan fingerprint density at radius 1 is 1.16 bits per heavy atom. The first kappa shape index (κ1) is 24.7. The Labute approximate surface area is 172 Å². The van der Waals surface area contributed by atoms with Crippen LogP contribution < -0.4 is 34.0 Å². The van der Waals surface area contributed by atoms with Crippen LogP contribution in [0, 0.1) is 0 Å². The fourth-order valence-electron chi connectivity index (χ4n) is 3.12. The minimum atomic E-state index is -4.18. The highest BCUT2D eigenvalue weighted by Crippen LogP contribution is 2.40. The fraction of sp³-hybridized carbons (Fsp3) is 0.588. The van der Waals surface area contributed by atoms with E-state index in [9.17, 15) is 13.0 Å². The summed E-state index contributed by atoms with van der Waals surface area (Å²) in [5.74, 6) is 0. The number of quaternary nitrogens is 1. The first-order valence-corrected chi connectivity index (χ1v) is 9.32. The molecular formula is C17H28Br2N2O3S. The van der Waals surface area contributed by atoms with Crippen LogP contribution in [-0.4, -0.2) is 62.0 Å². The Balaban J connectivity index is 0.00000288. The van der Waals surface area contributed by atoms with Crippen LogP contribution in [0.5, 0.6) is 0 Å². The highest BCUT2D eigenvalue weighted by molar-refractivity contribution is 7.85. The highest BCUT2D eigenvalue weighted by atomic mass is 79.9. The van der Waals surface area contributed by atoms with Gasteiger partial charge in [0.25, 0.3) is 10.1 Å². The first-order chi connectivity index (χ1) is 10.3. The number of halogens is 2. The Hall–Kier alpha value is -0.280. The van der Waals surface area contributed by atoms with Gasteiger partial charge in [0.15, 0.2) is 12.3 Å². The molecule has 5 nitrogen and oxygen atoms in total. The van der Waals surface area contributed by atoms with Crippen molar-refractivity contribution in [2.24, 2.45) is 0 Å². The molecule has 144 valence electrons.